The second-order valence-corrected chi connectivity index (χ2v) is 4.45. The van der Waals surface area contributed by atoms with E-state index in [-0.39, 0.29) is 11.8 Å². The fourth-order valence-electron chi connectivity index (χ4n) is 1.61. The lowest BCUT2D eigenvalue weighted by Crippen LogP contribution is -2.14. The van der Waals surface area contributed by atoms with Crippen LogP contribution in [-0.4, -0.2) is 16.8 Å². The maximum atomic E-state index is 12.1. The monoisotopic (exact) mass is 289 g/mol. The number of carbonyl (C=O) groups is 2. The first kappa shape index (κ1) is 14.0. The molecule has 20 heavy (non-hydrogen) atoms. The molecule has 0 radical (unpaired) electrons. The third-order valence-electron chi connectivity index (χ3n) is 2.40. The molecule has 0 aliphatic rings. The van der Waals surface area contributed by atoms with Gasteiger partial charge in [0.25, 0.3) is 5.91 Å². The summed E-state index contributed by atoms with van der Waals surface area (Å²) in [5, 5.41) is 5.55. The molecule has 6 heteroatoms. The number of halogens is 1. The van der Waals surface area contributed by atoms with Crippen molar-refractivity contribution in [3.8, 4) is 0 Å². The summed E-state index contributed by atoms with van der Waals surface area (Å²) in [6, 6.07) is 11.6. The first-order valence-electron chi connectivity index (χ1n) is 5.86. The fraction of sp³-hybridized carbons (Fsp3) is 0.0714. The first-order valence-corrected chi connectivity index (χ1v) is 6.24. The lowest BCUT2D eigenvalue weighted by atomic mass is 10.2. The topological polar surface area (TPSA) is 71.1 Å². The predicted octanol–water partition coefficient (Wildman–Crippen LogP) is 2.95. The van der Waals surface area contributed by atoms with E-state index in [0.29, 0.717) is 22.2 Å². The Morgan fingerprint density at radius 2 is 1.85 bits per heavy atom. The zero-order chi connectivity index (χ0) is 14.5. The van der Waals surface area contributed by atoms with Crippen LogP contribution >= 0.6 is 11.6 Å². The number of amides is 2. The normalized spacial score (nSPS) is 9.90. The van der Waals surface area contributed by atoms with Gasteiger partial charge in [-0.3, -0.25) is 9.59 Å². The molecule has 0 aliphatic carbocycles. The van der Waals surface area contributed by atoms with Crippen molar-refractivity contribution in [3.05, 3.63) is 53.2 Å². The second kappa shape index (κ2) is 6.16. The van der Waals surface area contributed by atoms with Gasteiger partial charge >= 0.3 is 0 Å². The molecule has 2 aromatic rings. The highest BCUT2D eigenvalue weighted by Crippen LogP contribution is 2.14. The van der Waals surface area contributed by atoms with Crippen molar-refractivity contribution in [2.75, 3.05) is 10.6 Å². The SMILES string of the molecule is CC(=O)Nc1cccc(C(=O)Nc2cccc(Cl)n2)c1. The van der Waals surface area contributed by atoms with Crippen molar-refractivity contribution in [2.45, 2.75) is 6.92 Å². The lowest BCUT2D eigenvalue weighted by molar-refractivity contribution is -0.114. The van der Waals surface area contributed by atoms with E-state index < -0.39 is 0 Å². The number of pyridine rings is 1. The van der Waals surface area contributed by atoms with Gasteiger partial charge in [-0.15, -0.1) is 0 Å². The average Bonchev–Trinajstić information content (AvgIpc) is 2.38. The summed E-state index contributed by atoms with van der Waals surface area (Å²) < 4.78 is 0. The third-order valence-corrected chi connectivity index (χ3v) is 2.61. The van der Waals surface area contributed by atoms with Gasteiger partial charge in [-0.2, -0.15) is 0 Å². The Balaban J connectivity index is 2.15. The molecule has 0 unspecified atom stereocenters. The molecule has 0 saturated heterocycles. The van der Waals surface area contributed by atoms with Gasteiger partial charge in [-0.1, -0.05) is 23.7 Å². The van der Waals surface area contributed by atoms with Crippen molar-refractivity contribution in [1.82, 2.24) is 4.98 Å². The predicted molar refractivity (Wildman–Crippen MR) is 77.9 cm³/mol. The molecule has 0 fully saturated rings. The van der Waals surface area contributed by atoms with Crippen LogP contribution in [0.2, 0.25) is 5.15 Å². The quantitative estimate of drug-likeness (QED) is 0.853. The lowest BCUT2D eigenvalue weighted by Gasteiger charge is -2.07. The van der Waals surface area contributed by atoms with Gasteiger partial charge in [0.15, 0.2) is 0 Å². The van der Waals surface area contributed by atoms with Crippen LogP contribution in [0.3, 0.4) is 0 Å². The summed E-state index contributed by atoms with van der Waals surface area (Å²) in [6.07, 6.45) is 0. The minimum Gasteiger partial charge on any atom is -0.326 e. The fourth-order valence-corrected chi connectivity index (χ4v) is 1.77. The molecule has 0 spiro atoms. The van der Waals surface area contributed by atoms with Gasteiger partial charge in [0.1, 0.15) is 11.0 Å². The van der Waals surface area contributed by atoms with Crippen LogP contribution in [0.4, 0.5) is 11.5 Å². The summed E-state index contributed by atoms with van der Waals surface area (Å²) in [5.74, 6) is -0.154. The molecule has 0 bridgehead atoms. The van der Waals surface area contributed by atoms with Gasteiger partial charge in [-0.25, -0.2) is 4.98 Å². The van der Waals surface area contributed by atoms with Crippen LogP contribution in [0.25, 0.3) is 0 Å². The Labute approximate surface area is 121 Å². The Hall–Kier alpha value is -2.40. The van der Waals surface area contributed by atoms with Gasteiger partial charge < -0.3 is 10.6 Å². The van der Waals surface area contributed by atoms with E-state index in [9.17, 15) is 9.59 Å². The summed E-state index contributed by atoms with van der Waals surface area (Å²) in [5.41, 5.74) is 0.974. The standard InChI is InChI=1S/C14H12ClN3O2/c1-9(19)16-11-5-2-4-10(8-11)14(20)18-13-7-3-6-12(15)17-13/h2-8H,1H3,(H,16,19)(H,17,18,20). The van der Waals surface area contributed by atoms with Crippen molar-refractivity contribution < 1.29 is 9.59 Å². The highest BCUT2D eigenvalue weighted by atomic mass is 35.5. The van der Waals surface area contributed by atoms with Crippen LogP contribution < -0.4 is 10.6 Å². The van der Waals surface area contributed by atoms with Gasteiger partial charge in [-0.05, 0) is 30.3 Å². The van der Waals surface area contributed by atoms with E-state index in [0.717, 1.165) is 0 Å². The summed E-state index contributed by atoms with van der Waals surface area (Å²) in [6.45, 7) is 1.41. The zero-order valence-electron chi connectivity index (χ0n) is 10.7. The van der Waals surface area contributed by atoms with Gasteiger partial charge in [0.05, 0.1) is 0 Å². The van der Waals surface area contributed by atoms with E-state index in [1.807, 2.05) is 0 Å². The van der Waals surface area contributed by atoms with Crippen LogP contribution in [0.5, 0.6) is 0 Å². The van der Waals surface area contributed by atoms with E-state index in [4.69, 9.17) is 11.6 Å². The van der Waals surface area contributed by atoms with E-state index in [1.54, 1.807) is 42.5 Å². The molecule has 5 nitrogen and oxygen atoms in total. The maximum Gasteiger partial charge on any atom is 0.256 e. The number of carbonyl (C=O) groups excluding carboxylic acids is 2. The second-order valence-electron chi connectivity index (χ2n) is 4.06. The maximum absolute atomic E-state index is 12.1. The van der Waals surface area contributed by atoms with Crippen LogP contribution in [0.1, 0.15) is 17.3 Å². The Morgan fingerprint density at radius 3 is 2.55 bits per heavy atom. The Morgan fingerprint density at radius 1 is 1.10 bits per heavy atom. The zero-order valence-corrected chi connectivity index (χ0v) is 11.4. The van der Waals surface area contributed by atoms with Crippen molar-refractivity contribution >= 4 is 34.9 Å². The third kappa shape index (κ3) is 3.80. The average molecular weight is 290 g/mol. The number of anilines is 2. The molecule has 1 heterocycles. The minimum atomic E-state index is -0.327. The summed E-state index contributed by atoms with van der Waals surface area (Å²) in [4.78, 5) is 27.0. The molecular weight excluding hydrogens is 278 g/mol. The van der Waals surface area contributed by atoms with Gasteiger partial charge in [0, 0.05) is 18.2 Å². The molecular formula is C14H12ClN3O2. The largest absolute Gasteiger partial charge is 0.326 e. The molecule has 0 aliphatic heterocycles. The van der Waals surface area contributed by atoms with E-state index in [1.165, 1.54) is 6.92 Å². The van der Waals surface area contributed by atoms with Crippen LogP contribution in [0, 0.1) is 0 Å². The molecule has 2 amide bonds. The van der Waals surface area contributed by atoms with E-state index >= 15 is 0 Å². The first-order chi connectivity index (χ1) is 9.54. The molecule has 0 atom stereocenters. The van der Waals surface area contributed by atoms with Crippen LogP contribution in [0.15, 0.2) is 42.5 Å². The number of rotatable bonds is 3. The summed E-state index contributed by atoms with van der Waals surface area (Å²) in [7, 11) is 0. The highest BCUT2D eigenvalue weighted by molar-refractivity contribution is 6.29. The Kier molecular flexibility index (Phi) is 4.32. The number of hydrogen-bond donors (Lipinski definition) is 2. The number of nitrogens with one attached hydrogen (secondary N) is 2. The number of hydrogen-bond acceptors (Lipinski definition) is 3. The van der Waals surface area contributed by atoms with E-state index in [2.05, 4.69) is 15.6 Å². The highest BCUT2D eigenvalue weighted by Gasteiger charge is 2.08. The smallest absolute Gasteiger partial charge is 0.256 e. The van der Waals surface area contributed by atoms with Crippen LogP contribution in [-0.2, 0) is 4.79 Å². The number of benzene rings is 1. The molecule has 1 aromatic carbocycles. The minimum absolute atomic E-state index is 0.195. The molecule has 2 N–H and O–H groups in total. The van der Waals surface area contributed by atoms with Crippen molar-refractivity contribution in [2.24, 2.45) is 0 Å². The molecule has 1 aromatic heterocycles. The molecule has 2 rings (SSSR count). The summed E-state index contributed by atoms with van der Waals surface area (Å²) >= 11 is 5.75. The molecule has 0 saturated carbocycles. The Bertz CT molecular complexity index is 658. The number of aromatic nitrogens is 1. The van der Waals surface area contributed by atoms with Crippen molar-refractivity contribution in [1.29, 1.82) is 0 Å². The van der Waals surface area contributed by atoms with Crippen molar-refractivity contribution in [3.63, 3.8) is 0 Å². The number of nitrogens with zero attached hydrogens (tertiary/aromatic N) is 1. The molecule has 102 valence electrons. The van der Waals surface area contributed by atoms with Gasteiger partial charge in [0.2, 0.25) is 5.91 Å².